The van der Waals surface area contributed by atoms with Crippen molar-refractivity contribution >= 4 is 92.7 Å². The molecule has 9 rings (SSSR count). The molecule has 0 bridgehead atoms. The maximum atomic E-state index is 15.3. The van der Waals surface area contributed by atoms with Crippen molar-refractivity contribution in [2.45, 2.75) is 106 Å². The molecule has 530 valence electrons. The Labute approximate surface area is 577 Å². The number of hydrazine groups is 1. The number of para-hydroxylation sites is 2. The number of nitrogens with two attached hydrogens (primary N) is 2. The number of urea groups is 1. The van der Waals surface area contributed by atoms with Crippen LogP contribution in [-0.4, -0.2) is 192 Å². The van der Waals surface area contributed by atoms with Gasteiger partial charge >= 0.3 is 6.03 Å². The van der Waals surface area contributed by atoms with Crippen LogP contribution >= 0.6 is 0 Å². The SMILES string of the molecule is CNCC(=O)N[C@@H](Cc1cnc[nH]1)C(=O)N[C@@H](Cc1c[nH]c2ccccc12)C(=O)N[C@@H](CO)C(=O)N[C@@H](Cc1cnc[nH]1)C(=O)N[C@H](CCCNC(=N)N)C(=O)N[C@@H](Cc1c[nH]c2ccccc12)C(=O)N[C@H](Cc1ccc(C(=O)c2ccccc2)cc1)C(=O)N1CCC[C@H]1C(=O)NNC(N)=O. The number of aromatic amines is 4. The van der Waals surface area contributed by atoms with Gasteiger partial charge in [-0.3, -0.25) is 58.8 Å². The lowest BCUT2D eigenvalue weighted by Crippen LogP contribution is -2.61. The van der Waals surface area contributed by atoms with Crippen molar-refractivity contribution < 1.29 is 57.8 Å². The Balaban J connectivity index is 0.981. The van der Waals surface area contributed by atoms with Crippen molar-refractivity contribution in [3.8, 4) is 0 Å². The van der Waals surface area contributed by atoms with Gasteiger partial charge in [-0.2, -0.15) is 0 Å². The zero-order valence-electron chi connectivity index (χ0n) is 55.0. The number of carbonyl (C=O) groups excluding carboxylic acids is 11. The molecule has 1 aliphatic rings. The second kappa shape index (κ2) is 35.3. The maximum absolute atomic E-state index is 15.3. The number of ketones is 1. The zero-order valence-corrected chi connectivity index (χ0v) is 55.0. The Kier molecular flexibility index (Phi) is 25.5. The van der Waals surface area contributed by atoms with Crippen molar-refractivity contribution in [2.75, 3.05) is 33.3 Å². The molecule has 0 saturated carbocycles. The standard InChI is InChI=1S/C68H81N21O12/c1-72-34-57(91)80-52(28-43-32-73-36-78-43)62(96)83-51(27-42-31-77-48-16-8-6-14-46(42)48)61(95)86-55(35-90)64(98)84-53(29-44-33-74-37-79-44)63(97)81-49(17-9-23-75-67(69)70)59(93)82-50(26-41-30-76-47-15-7-5-13-45(41)47)60(94)85-54(66(100)89-24-10-18-56(89)65(99)87-88-68(71)101)25-38-19-21-40(22-20-38)58(92)39-11-3-2-4-12-39/h2-8,11-16,19-22,30-33,36-37,49-56,72,76-77,90H,9-10,17-18,23-29,34-35H2,1H3,(H,73,78)(H,74,79)(H,80,91)(H,81,97)(H,82,93)(H,83,96)(H,84,98)(H,85,94)(H,86,95)(H,87,99)(H4,69,70,75)(H3,71,88,101)/t49-,50+,51+,52+,53+,54-,55+,56+/m1/s1. The van der Waals surface area contributed by atoms with E-state index in [-0.39, 0.29) is 76.8 Å². The molecule has 8 atom stereocenters. The summed E-state index contributed by atoms with van der Waals surface area (Å²) in [6.45, 7) is -1.08. The number of primary amides is 1. The Bertz CT molecular complexity index is 4220. The first-order chi connectivity index (χ1) is 48.7. The largest absolute Gasteiger partial charge is 0.394 e. The molecular weight excluding hydrogens is 1300 g/mol. The van der Waals surface area contributed by atoms with E-state index in [1.807, 2.05) is 11.5 Å². The van der Waals surface area contributed by atoms with Crippen LogP contribution in [0.15, 0.2) is 141 Å². The lowest BCUT2D eigenvalue weighted by Gasteiger charge is -2.30. The smallest absolute Gasteiger partial charge is 0.330 e. The summed E-state index contributed by atoms with van der Waals surface area (Å²) in [4.78, 5) is 177. The van der Waals surface area contributed by atoms with Gasteiger partial charge in [0, 0.05) is 114 Å². The van der Waals surface area contributed by atoms with E-state index < -0.39 is 120 Å². The van der Waals surface area contributed by atoms with Crippen LogP contribution in [-0.2, 0) is 75.3 Å². The molecular formula is C68H81N21O12. The van der Waals surface area contributed by atoms with E-state index in [4.69, 9.17) is 16.9 Å². The minimum absolute atomic E-state index is 0.0252. The summed E-state index contributed by atoms with van der Waals surface area (Å²) in [6.07, 6.45) is 8.36. The average molecular weight is 1380 g/mol. The second-order valence-corrected chi connectivity index (χ2v) is 24.1. The summed E-state index contributed by atoms with van der Waals surface area (Å²) in [7, 11) is 1.55. The van der Waals surface area contributed by atoms with Crippen molar-refractivity contribution in [3.63, 3.8) is 0 Å². The molecule has 1 aliphatic heterocycles. The number of likely N-dealkylation sites (N-methyl/N-ethyl adjacent to an activating group) is 1. The molecule has 101 heavy (non-hydrogen) atoms. The number of rotatable bonds is 34. The summed E-state index contributed by atoms with van der Waals surface area (Å²) in [5, 5.41) is 44.3. The van der Waals surface area contributed by atoms with Gasteiger partial charge < -0.3 is 89.3 Å². The number of aliphatic hydroxyl groups is 1. The minimum Gasteiger partial charge on any atom is -0.394 e. The van der Waals surface area contributed by atoms with E-state index in [2.05, 4.69) is 83.2 Å². The summed E-state index contributed by atoms with van der Waals surface area (Å²) in [5.74, 6) is -8.23. The molecule has 33 heteroatoms. The van der Waals surface area contributed by atoms with E-state index in [1.165, 1.54) is 29.9 Å². The number of hydrogen-bond acceptors (Lipinski definition) is 16. The number of amides is 11. The van der Waals surface area contributed by atoms with Crippen molar-refractivity contribution in [3.05, 3.63) is 180 Å². The fourth-order valence-electron chi connectivity index (χ4n) is 11.8. The highest BCUT2D eigenvalue weighted by Crippen LogP contribution is 2.24. The van der Waals surface area contributed by atoms with Crippen molar-refractivity contribution in [2.24, 2.45) is 11.5 Å². The lowest BCUT2D eigenvalue weighted by atomic mass is 9.98. The number of carbonyl (C=O) groups is 11. The first-order valence-corrected chi connectivity index (χ1v) is 32.6. The Hall–Kier alpha value is -12.3. The number of nitrogens with one attached hydrogen (secondary N) is 16. The molecule has 4 aromatic heterocycles. The quantitative estimate of drug-likeness (QED) is 0.00710. The third kappa shape index (κ3) is 20.2. The molecule has 0 aliphatic carbocycles. The van der Waals surface area contributed by atoms with Crippen LogP contribution in [0, 0.1) is 5.41 Å². The van der Waals surface area contributed by atoms with Crippen LogP contribution in [0.1, 0.15) is 69.7 Å². The van der Waals surface area contributed by atoms with Gasteiger partial charge in [-0.15, -0.1) is 0 Å². The number of likely N-dealkylation sites (tertiary alicyclic amines) is 1. The number of H-pyrrole nitrogens is 4. The van der Waals surface area contributed by atoms with Crippen LogP contribution < -0.4 is 70.2 Å². The molecule has 0 radical (unpaired) electrons. The van der Waals surface area contributed by atoms with Crippen molar-refractivity contribution in [1.82, 2.24) is 93.5 Å². The highest BCUT2D eigenvalue weighted by Gasteiger charge is 2.40. The summed E-state index contributed by atoms with van der Waals surface area (Å²) < 4.78 is 0. The number of fused-ring (bicyclic) bond motifs is 2. The van der Waals surface area contributed by atoms with Crippen LogP contribution in [0.5, 0.6) is 0 Å². The summed E-state index contributed by atoms with van der Waals surface area (Å²) in [6, 6.07) is 16.6. The van der Waals surface area contributed by atoms with Crippen LogP contribution in [0.3, 0.4) is 0 Å². The van der Waals surface area contributed by atoms with Crippen LogP contribution in [0.25, 0.3) is 21.8 Å². The molecule has 5 heterocycles. The number of imidazole rings is 2. The fraction of sp³-hybridized carbons (Fsp3) is 0.324. The van der Waals surface area contributed by atoms with Crippen LogP contribution in [0.4, 0.5) is 4.79 Å². The van der Waals surface area contributed by atoms with Gasteiger partial charge in [0.25, 0.3) is 5.91 Å². The van der Waals surface area contributed by atoms with Gasteiger partial charge in [0.15, 0.2) is 11.7 Å². The van der Waals surface area contributed by atoms with E-state index in [0.29, 0.717) is 67.4 Å². The van der Waals surface area contributed by atoms with E-state index >= 15 is 9.59 Å². The number of nitrogens with zero attached hydrogens (tertiary/aromatic N) is 3. The predicted molar refractivity (Wildman–Crippen MR) is 368 cm³/mol. The number of aliphatic hydroxyl groups excluding tert-OH is 1. The zero-order chi connectivity index (χ0) is 72.0. The molecule has 33 nitrogen and oxygen atoms in total. The van der Waals surface area contributed by atoms with Crippen LogP contribution in [0.2, 0.25) is 0 Å². The average Bonchev–Trinajstić information content (AvgIpc) is 1.77. The highest BCUT2D eigenvalue weighted by atomic mass is 16.3. The monoisotopic (exact) mass is 1380 g/mol. The Morgan fingerprint density at radius 1 is 0.564 bits per heavy atom. The second-order valence-electron chi connectivity index (χ2n) is 24.1. The molecule has 1 saturated heterocycles. The molecule has 0 unspecified atom stereocenters. The molecule has 0 spiro atoms. The topological polar surface area (TPSA) is 508 Å². The maximum Gasteiger partial charge on any atom is 0.330 e. The van der Waals surface area contributed by atoms with Gasteiger partial charge in [-0.25, -0.2) is 20.2 Å². The third-order valence-corrected chi connectivity index (χ3v) is 16.9. The summed E-state index contributed by atoms with van der Waals surface area (Å²) in [5.41, 5.74) is 19.7. The van der Waals surface area contributed by atoms with Gasteiger partial charge in [-0.05, 0) is 61.6 Å². The minimum atomic E-state index is -1.79. The van der Waals surface area contributed by atoms with E-state index in [0.717, 1.165) is 0 Å². The van der Waals surface area contributed by atoms with E-state index in [9.17, 15) is 48.3 Å². The third-order valence-electron chi connectivity index (χ3n) is 16.9. The molecule has 21 N–H and O–H groups in total. The van der Waals surface area contributed by atoms with Gasteiger partial charge in [-0.1, -0.05) is 91.0 Å². The molecule has 4 aromatic carbocycles. The Morgan fingerprint density at radius 2 is 1.05 bits per heavy atom. The summed E-state index contributed by atoms with van der Waals surface area (Å²) >= 11 is 0. The van der Waals surface area contributed by atoms with Gasteiger partial charge in [0.1, 0.15) is 48.3 Å². The highest BCUT2D eigenvalue weighted by molar-refractivity contribution is 6.09. The first-order valence-electron chi connectivity index (χ1n) is 32.6. The Morgan fingerprint density at radius 3 is 1.57 bits per heavy atom. The van der Waals surface area contributed by atoms with Gasteiger partial charge in [0.05, 0.1) is 25.8 Å². The number of hydrogen-bond donors (Lipinski definition) is 19. The number of aromatic nitrogens is 6. The lowest BCUT2D eigenvalue weighted by molar-refractivity contribution is -0.142. The first kappa shape index (κ1) is 73.0. The van der Waals surface area contributed by atoms with Gasteiger partial charge in [0.2, 0.25) is 47.3 Å². The van der Waals surface area contributed by atoms with Crippen molar-refractivity contribution in [1.29, 1.82) is 5.41 Å². The fourth-order valence-corrected chi connectivity index (χ4v) is 11.8. The number of guanidine groups is 1. The van der Waals surface area contributed by atoms with E-state index in [1.54, 1.807) is 117 Å². The normalized spacial score (nSPS) is 14.7. The molecule has 1 fully saturated rings. The molecule has 11 amide bonds. The number of benzene rings is 4. The predicted octanol–water partition coefficient (Wildman–Crippen LogP) is -1.60. The molecule has 8 aromatic rings.